The highest BCUT2D eigenvalue weighted by atomic mass is 16.7. The molecule has 0 amide bonds. The van der Waals surface area contributed by atoms with E-state index in [1.807, 2.05) is 21.1 Å². The van der Waals surface area contributed by atoms with Crippen molar-refractivity contribution in [1.29, 1.82) is 0 Å². The van der Waals surface area contributed by atoms with E-state index >= 15 is 0 Å². The van der Waals surface area contributed by atoms with Crippen molar-refractivity contribution in [3.05, 3.63) is 134 Å². The van der Waals surface area contributed by atoms with Crippen LogP contribution in [0.25, 0.3) is 0 Å². The highest BCUT2D eigenvalue weighted by Crippen LogP contribution is 2.16. The summed E-state index contributed by atoms with van der Waals surface area (Å²) in [5.41, 5.74) is 0. The first-order chi connectivity index (χ1) is 41.6. The zero-order chi connectivity index (χ0) is 61.9. The van der Waals surface area contributed by atoms with Crippen molar-refractivity contribution in [2.75, 3.05) is 47.5 Å². The SMILES string of the molecule is CC/C=C\C/C=C\C/C=C\C/C=C\C/C=C\C/C=C\C/C=C\C/C=C\C/C=C\C/C=C\CCCCCCCCCCC(=O)OC(COC(=O)CCCCCCCCCCC/C=C\CCCCCCCCCC)COC(OCC[N+](C)(C)C)C(=O)[O-]. The fourth-order valence-electron chi connectivity index (χ4n) is 9.15. The van der Waals surface area contributed by atoms with Crippen LogP contribution in [0, 0.1) is 0 Å². The van der Waals surface area contributed by atoms with E-state index in [1.54, 1.807) is 0 Å². The van der Waals surface area contributed by atoms with Gasteiger partial charge in [-0.15, -0.1) is 0 Å². The number of nitrogens with zero attached hydrogens (tertiary/aromatic N) is 1. The van der Waals surface area contributed by atoms with Crippen molar-refractivity contribution in [3.8, 4) is 0 Å². The molecule has 0 aliphatic carbocycles. The van der Waals surface area contributed by atoms with Crippen molar-refractivity contribution in [1.82, 2.24) is 0 Å². The maximum Gasteiger partial charge on any atom is 0.306 e. The summed E-state index contributed by atoms with van der Waals surface area (Å²) < 4.78 is 22.8. The largest absolute Gasteiger partial charge is 0.545 e. The molecule has 0 aromatic rings. The predicted octanol–water partition coefficient (Wildman–Crippen LogP) is 20.0. The van der Waals surface area contributed by atoms with Crippen LogP contribution in [-0.2, 0) is 33.3 Å². The molecule has 484 valence electrons. The second-order valence-electron chi connectivity index (χ2n) is 23.7. The van der Waals surface area contributed by atoms with Crippen LogP contribution in [0.4, 0.5) is 0 Å². The Kier molecular flexibility index (Phi) is 61.9. The van der Waals surface area contributed by atoms with Gasteiger partial charge in [0.15, 0.2) is 12.4 Å². The number of rotatable bonds is 62. The third kappa shape index (κ3) is 66.8. The van der Waals surface area contributed by atoms with Gasteiger partial charge in [-0.1, -0.05) is 276 Å². The number of carboxylic acid groups (broad SMARTS) is 1. The summed E-state index contributed by atoms with van der Waals surface area (Å²) in [7, 11) is 5.92. The first kappa shape index (κ1) is 80.4. The Hall–Kier alpha value is -4.57. The number of allylic oxidation sites excluding steroid dienone is 22. The van der Waals surface area contributed by atoms with Gasteiger partial charge in [0.1, 0.15) is 13.2 Å². The van der Waals surface area contributed by atoms with E-state index in [-0.39, 0.29) is 38.6 Å². The fourth-order valence-corrected chi connectivity index (χ4v) is 9.15. The molecule has 9 nitrogen and oxygen atoms in total. The monoisotopic (exact) mass is 1180 g/mol. The molecule has 0 saturated carbocycles. The smallest absolute Gasteiger partial charge is 0.306 e. The molecule has 9 heteroatoms. The zero-order valence-electron chi connectivity index (χ0n) is 55.2. The van der Waals surface area contributed by atoms with Gasteiger partial charge in [-0.05, 0) is 116 Å². The van der Waals surface area contributed by atoms with E-state index < -0.39 is 24.3 Å². The summed E-state index contributed by atoms with van der Waals surface area (Å²) >= 11 is 0. The van der Waals surface area contributed by atoms with Crippen molar-refractivity contribution in [2.24, 2.45) is 0 Å². The van der Waals surface area contributed by atoms with Gasteiger partial charge in [0, 0.05) is 12.8 Å². The molecule has 0 aliphatic rings. The van der Waals surface area contributed by atoms with Crippen LogP contribution in [0.2, 0.25) is 0 Å². The standard InChI is InChI=1S/C76H127NO8/c1-6-8-10-12-14-16-18-20-22-24-26-28-29-30-31-32-33-34-35-36-37-38-39-40-41-42-43-44-45-47-49-51-53-55-57-59-61-63-65-67-74(79)85-72(71-84-76(75(80)81)82-69-68-77(3,4)5)70-83-73(78)66-64-62-60-58-56-54-52-50-48-46-27-25-23-21-19-17-15-13-11-9-7-2/h8,10,14,16,20,22,25-28,30-31,33-34,36-37,39-40,42-43,45,47,72,76H,6-7,9,11-13,15,17-19,21,23-24,29,32,35,38,41,44,46,48-71H2,1-5H3/b10-8-,16-14-,22-20-,27-25-,28-26-,31-30-,34-33-,37-36-,40-39-,43-42-,47-45-. The lowest BCUT2D eigenvalue weighted by molar-refractivity contribution is -0.870. The lowest BCUT2D eigenvalue weighted by Crippen LogP contribution is -2.44. The molecule has 0 fully saturated rings. The molecule has 2 unspecified atom stereocenters. The van der Waals surface area contributed by atoms with E-state index in [0.717, 1.165) is 109 Å². The summed E-state index contributed by atoms with van der Waals surface area (Å²) in [5, 5.41) is 11.8. The first-order valence-corrected chi connectivity index (χ1v) is 34.3. The number of likely N-dealkylation sites (N-methyl/N-ethyl adjacent to an activating group) is 1. The van der Waals surface area contributed by atoms with Gasteiger partial charge in [0.2, 0.25) is 0 Å². The van der Waals surface area contributed by atoms with Crippen LogP contribution in [0.1, 0.15) is 271 Å². The summed E-state index contributed by atoms with van der Waals surface area (Å²) in [6.07, 6.45) is 90.9. The van der Waals surface area contributed by atoms with E-state index in [0.29, 0.717) is 17.4 Å². The Morgan fingerprint density at radius 2 is 0.671 bits per heavy atom. The van der Waals surface area contributed by atoms with Gasteiger partial charge in [0.05, 0.1) is 40.3 Å². The molecule has 0 aromatic carbocycles. The molecule has 0 saturated heterocycles. The minimum atomic E-state index is -1.63. The molecule has 0 aromatic heterocycles. The summed E-state index contributed by atoms with van der Waals surface area (Å²) in [4.78, 5) is 37.4. The summed E-state index contributed by atoms with van der Waals surface area (Å²) in [6, 6.07) is 0. The van der Waals surface area contributed by atoms with Crippen LogP contribution in [0.15, 0.2) is 134 Å². The zero-order valence-corrected chi connectivity index (χ0v) is 55.2. The van der Waals surface area contributed by atoms with Crippen LogP contribution in [0.3, 0.4) is 0 Å². The van der Waals surface area contributed by atoms with Gasteiger partial charge in [0.25, 0.3) is 0 Å². The van der Waals surface area contributed by atoms with Gasteiger partial charge in [-0.25, -0.2) is 0 Å². The minimum Gasteiger partial charge on any atom is -0.545 e. The molecule has 0 heterocycles. The van der Waals surface area contributed by atoms with E-state index in [9.17, 15) is 19.5 Å². The summed E-state index contributed by atoms with van der Waals surface area (Å²) in [5.74, 6) is -2.30. The highest BCUT2D eigenvalue weighted by Gasteiger charge is 2.22. The van der Waals surface area contributed by atoms with Gasteiger partial charge in [-0.2, -0.15) is 0 Å². The molecule has 0 radical (unpaired) electrons. The number of quaternary nitrogens is 1. The molecule has 85 heavy (non-hydrogen) atoms. The molecular weight excluding hydrogens is 1050 g/mol. The van der Waals surface area contributed by atoms with Crippen LogP contribution >= 0.6 is 0 Å². The van der Waals surface area contributed by atoms with Crippen molar-refractivity contribution in [3.63, 3.8) is 0 Å². The molecular formula is C76H127NO8. The number of carbonyl (C=O) groups excluding carboxylic acids is 3. The van der Waals surface area contributed by atoms with Crippen LogP contribution in [-0.4, -0.2) is 82.3 Å². The van der Waals surface area contributed by atoms with Gasteiger partial charge in [-0.3, -0.25) is 9.59 Å². The van der Waals surface area contributed by atoms with Gasteiger partial charge < -0.3 is 33.3 Å². The summed E-state index contributed by atoms with van der Waals surface area (Å²) in [6.45, 7) is 4.63. The Morgan fingerprint density at radius 1 is 0.365 bits per heavy atom. The number of esters is 2. The second-order valence-corrected chi connectivity index (χ2v) is 23.7. The maximum atomic E-state index is 12.9. The Morgan fingerprint density at radius 3 is 1.01 bits per heavy atom. The fraction of sp³-hybridized carbons (Fsp3) is 0.671. The van der Waals surface area contributed by atoms with E-state index in [1.165, 1.54) is 128 Å². The Balaban J connectivity index is 4.19. The average molecular weight is 1180 g/mol. The van der Waals surface area contributed by atoms with Crippen molar-refractivity contribution >= 4 is 17.9 Å². The lowest BCUT2D eigenvalue weighted by atomic mass is 10.1. The Labute approximate surface area is 522 Å². The number of hydrogen-bond donors (Lipinski definition) is 0. The molecule has 0 N–H and O–H groups in total. The number of hydrogen-bond acceptors (Lipinski definition) is 8. The maximum absolute atomic E-state index is 12.9. The molecule has 0 rings (SSSR count). The Bertz CT molecular complexity index is 1860. The molecule has 0 spiro atoms. The van der Waals surface area contributed by atoms with Crippen molar-refractivity contribution < 1.29 is 42.9 Å². The molecule has 0 bridgehead atoms. The third-order valence-electron chi connectivity index (χ3n) is 14.4. The van der Waals surface area contributed by atoms with Crippen molar-refractivity contribution in [2.45, 2.75) is 283 Å². The topological polar surface area (TPSA) is 111 Å². The highest BCUT2D eigenvalue weighted by molar-refractivity contribution is 5.70. The molecule has 2 atom stereocenters. The van der Waals surface area contributed by atoms with Crippen LogP contribution < -0.4 is 5.11 Å². The number of aliphatic carboxylic acids is 1. The normalized spacial score (nSPS) is 13.6. The second kappa shape index (κ2) is 65.4. The quantitative estimate of drug-likeness (QED) is 0.0195. The number of carbonyl (C=O) groups is 3. The average Bonchev–Trinajstić information content (AvgIpc) is 3.49. The van der Waals surface area contributed by atoms with Gasteiger partial charge >= 0.3 is 11.9 Å². The minimum absolute atomic E-state index is 0.140. The first-order valence-electron chi connectivity index (χ1n) is 34.3. The van der Waals surface area contributed by atoms with E-state index in [4.69, 9.17) is 18.9 Å². The number of unbranched alkanes of at least 4 members (excludes halogenated alkanes) is 25. The third-order valence-corrected chi connectivity index (χ3v) is 14.4. The van der Waals surface area contributed by atoms with E-state index in [2.05, 4.69) is 148 Å². The lowest BCUT2D eigenvalue weighted by Gasteiger charge is -2.26. The molecule has 0 aliphatic heterocycles. The van der Waals surface area contributed by atoms with Crippen LogP contribution in [0.5, 0.6) is 0 Å². The predicted molar refractivity (Wildman–Crippen MR) is 361 cm³/mol. The number of ether oxygens (including phenoxy) is 4. The number of carboxylic acids is 1.